The molecular weight excluding hydrogens is 333 g/mol. The number of halogens is 2. The van der Waals surface area contributed by atoms with E-state index in [4.69, 9.17) is 23.2 Å². The van der Waals surface area contributed by atoms with E-state index in [9.17, 15) is 14.1 Å². The summed E-state index contributed by atoms with van der Waals surface area (Å²) in [7, 11) is -1.09. The van der Waals surface area contributed by atoms with Crippen LogP contribution in [0.4, 0.5) is 5.69 Å². The standard InChI is InChI=1S/C14H11Cl2NO3S/c1-21(20)10-4-2-8(3-5-10)14(19)17-9-6-11(15)13(18)12(16)7-9/h2-7,18H,1H3,(H,17,19). The molecule has 110 valence electrons. The molecule has 0 fully saturated rings. The van der Waals surface area contributed by atoms with Gasteiger partial charge in [-0.2, -0.15) is 0 Å². The Morgan fingerprint density at radius 1 is 1.14 bits per heavy atom. The molecule has 21 heavy (non-hydrogen) atoms. The van der Waals surface area contributed by atoms with Crippen LogP contribution in [0.5, 0.6) is 5.75 Å². The number of aromatic hydroxyl groups is 1. The molecule has 1 atom stereocenters. The number of carbonyl (C=O) groups is 1. The van der Waals surface area contributed by atoms with E-state index >= 15 is 0 Å². The second kappa shape index (κ2) is 6.47. The topological polar surface area (TPSA) is 66.4 Å². The summed E-state index contributed by atoms with van der Waals surface area (Å²) >= 11 is 11.6. The number of rotatable bonds is 3. The van der Waals surface area contributed by atoms with Crippen LogP contribution in [0.2, 0.25) is 10.0 Å². The molecule has 0 saturated heterocycles. The van der Waals surface area contributed by atoms with Gasteiger partial charge in [-0.3, -0.25) is 9.00 Å². The average Bonchev–Trinajstić information content (AvgIpc) is 2.44. The van der Waals surface area contributed by atoms with Crippen LogP contribution in [-0.4, -0.2) is 21.5 Å². The number of hydrogen-bond donors (Lipinski definition) is 2. The number of carbonyl (C=O) groups excluding carboxylic acids is 1. The Morgan fingerprint density at radius 2 is 1.67 bits per heavy atom. The van der Waals surface area contributed by atoms with Gasteiger partial charge in [-0.05, 0) is 36.4 Å². The van der Waals surface area contributed by atoms with Gasteiger partial charge in [-0.1, -0.05) is 23.2 Å². The van der Waals surface area contributed by atoms with Gasteiger partial charge in [0, 0.05) is 33.2 Å². The van der Waals surface area contributed by atoms with Gasteiger partial charge >= 0.3 is 0 Å². The summed E-state index contributed by atoms with van der Waals surface area (Å²) in [6, 6.07) is 9.21. The summed E-state index contributed by atoms with van der Waals surface area (Å²) in [6.45, 7) is 0. The third-order valence-electron chi connectivity index (χ3n) is 2.72. The fourth-order valence-corrected chi connectivity index (χ4v) is 2.65. The van der Waals surface area contributed by atoms with Gasteiger partial charge in [0.05, 0.1) is 10.0 Å². The molecule has 1 amide bonds. The van der Waals surface area contributed by atoms with Crippen molar-refractivity contribution in [3.8, 4) is 5.75 Å². The van der Waals surface area contributed by atoms with Crippen LogP contribution in [0.1, 0.15) is 10.4 Å². The second-order valence-corrected chi connectivity index (χ2v) is 6.42. The SMILES string of the molecule is CS(=O)c1ccc(C(=O)Nc2cc(Cl)c(O)c(Cl)c2)cc1. The van der Waals surface area contributed by atoms with Gasteiger partial charge in [-0.25, -0.2) is 0 Å². The Hall–Kier alpha value is -1.56. The normalized spacial score (nSPS) is 12.0. The molecule has 0 bridgehead atoms. The third-order valence-corrected chi connectivity index (χ3v) is 4.24. The summed E-state index contributed by atoms with van der Waals surface area (Å²) in [6.07, 6.45) is 1.57. The molecule has 0 aromatic heterocycles. The molecule has 2 aromatic carbocycles. The van der Waals surface area contributed by atoms with Crippen molar-refractivity contribution in [1.29, 1.82) is 0 Å². The molecule has 0 heterocycles. The molecule has 1 unspecified atom stereocenters. The summed E-state index contributed by atoms with van der Waals surface area (Å²) in [5.74, 6) is -0.590. The lowest BCUT2D eigenvalue weighted by atomic mass is 10.2. The Kier molecular flexibility index (Phi) is 4.88. The molecule has 0 aliphatic carbocycles. The van der Waals surface area contributed by atoms with E-state index in [0.717, 1.165) is 0 Å². The van der Waals surface area contributed by atoms with E-state index in [1.807, 2.05) is 0 Å². The molecule has 0 radical (unpaired) electrons. The Bertz CT molecular complexity index is 694. The summed E-state index contributed by atoms with van der Waals surface area (Å²) in [5, 5.41) is 12.2. The van der Waals surface area contributed by atoms with Crippen molar-refractivity contribution >= 4 is 45.6 Å². The minimum Gasteiger partial charge on any atom is -0.505 e. The molecule has 0 aliphatic heterocycles. The van der Waals surface area contributed by atoms with Crippen molar-refractivity contribution in [1.82, 2.24) is 0 Å². The number of benzene rings is 2. The molecule has 0 saturated carbocycles. The zero-order chi connectivity index (χ0) is 15.6. The molecule has 0 aliphatic rings. The van der Waals surface area contributed by atoms with E-state index in [2.05, 4.69) is 5.32 Å². The van der Waals surface area contributed by atoms with Crippen LogP contribution in [0.3, 0.4) is 0 Å². The molecular formula is C14H11Cl2NO3S. The average molecular weight is 344 g/mol. The molecule has 7 heteroatoms. The van der Waals surface area contributed by atoms with Gasteiger partial charge in [-0.15, -0.1) is 0 Å². The zero-order valence-corrected chi connectivity index (χ0v) is 13.2. The van der Waals surface area contributed by atoms with Crippen molar-refractivity contribution in [3.05, 3.63) is 52.0 Å². The van der Waals surface area contributed by atoms with Crippen LogP contribution in [0.25, 0.3) is 0 Å². The summed E-state index contributed by atoms with van der Waals surface area (Å²) in [4.78, 5) is 12.7. The quantitative estimate of drug-likeness (QED) is 0.835. The largest absolute Gasteiger partial charge is 0.505 e. The van der Waals surface area contributed by atoms with E-state index in [0.29, 0.717) is 16.1 Å². The smallest absolute Gasteiger partial charge is 0.255 e. The lowest BCUT2D eigenvalue weighted by Gasteiger charge is -2.08. The van der Waals surface area contributed by atoms with Crippen LogP contribution in [-0.2, 0) is 10.8 Å². The molecule has 2 aromatic rings. The third kappa shape index (κ3) is 3.75. The second-order valence-electron chi connectivity index (χ2n) is 4.22. The van der Waals surface area contributed by atoms with Crippen molar-refractivity contribution < 1.29 is 14.1 Å². The van der Waals surface area contributed by atoms with Crippen LogP contribution < -0.4 is 5.32 Å². The summed E-state index contributed by atoms with van der Waals surface area (Å²) in [5.41, 5.74) is 0.778. The van der Waals surface area contributed by atoms with Gasteiger partial charge in [0.25, 0.3) is 5.91 Å². The van der Waals surface area contributed by atoms with Crippen LogP contribution >= 0.6 is 23.2 Å². The zero-order valence-electron chi connectivity index (χ0n) is 10.9. The molecule has 4 nitrogen and oxygen atoms in total. The number of nitrogens with one attached hydrogen (secondary N) is 1. The van der Waals surface area contributed by atoms with Crippen molar-refractivity contribution in [2.75, 3.05) is 11.6 Å². The van der Waals surface area contributed by atoms with E-state index in [1.54, 1.807) is 30.5 Å². The maximum absolute atomic E-state index is 12.1. The first-order chi connectivity index (χ1) is 9.88. The fourth-order valence-electron chi connectivity index (χ4n) is 1.64. The minimum absolute atomic E-state index is 0.0505. The number of phenols is 1. The molecule has 0 spiro atoms. The van der Waals surface area contributed by atoms with Gasteiger partial charge in [0.2, 0.25) is 0 Å². The van der Waals surface area contributed by atoms with Crippen molar-refractivity contribution in [2.24, 2.45) is 0 Å². The van der Waals surface area contributed by atoms with Gasteiger partial charge in [0.15, 0.2) is 5.75 Å². The van der Waals surface area contributed by atoms with Gasteiger partial charge < -0.3 is 10.4 Å². The molecule has 2 rings (SSSR count). The van der Waals surface area contributed by atoms with Crippen LogP contribution in [0.15, 0.2) is 41.3 Å². The first kappa shape index (κ1) is 15.8. The minimum atomic E-state index is -1.09. The highest BCUT2D eigenvalue weighted by Crippen LogP contribution is 2.34. The number of anilines is 1. The lowest BCUT2D eigenvalue weighted by Crippen LogP contribution is -2.11. The highest BCUT2D eigenvalue weighted by Gasteiger charge is 2.11. The number of hydrogen-bond acceptors (Lipinski definition) is 3. The fraction of sp³-hybridized carbons (Fsp3) is 0.0714. The summed E-state index contributed by atoms with van der Waals surface area (Å²) < 4.78 is 11.3. The Labute approximate surface area is 134 Å². The van der Waals surface area contributed by atoms with Crippen molar-refractivity contribution in [2.45, 2.75) is 4.90 Å². The van der Waals surface area contributed by atoms with Crippen molar-refractivity contribution in [3.63, 3.8) is 0 Å². The Morgan fingerprint density at radius 3 is 2.14 bits per heavy atom. The first-order valence-corrected chi connectivity index (χ1v) is 8.12. The number of phenolic OH excluding ortho intramolecular Hbond substituents is 1. The Balaban J connectivity index is 2.20. The van der Waals surface area contributed by atoms with Crippen LogP contribution in [0, 0.1) is 0 Å². The predicted octanol–water partition coefficient (Wildman–Crippen LogP) is 3.69. The first-order valence-electron chi connectivity index (χ1n) is 5.81. The predicted molar refractivity (Wildman–Crippen MR) is 84.9 cm³/mol. The highest BCUT2D eigenvalue weighted by atomic mass is 35.5. The molecule has 2 N–H and O–H groups in total. The highest BCUT2D eigenvalue weighted by molar-refractivity contribution is 7.84. The monoisotopic (exact) mass is 343 g/mol. The van der Waals surface area contributed by atoms with E-state index in [-0.39, 0.29) is 21.7 Å². The maximum atomic E-state index is 12.1. The lowest BCUT2D eigenvalue weighted by molar-refractivity contribution is 0.102. The van der Waals surface area contributed by atoms with Gasteiger partial charge in [0.1, 0.15) is 0 Å². The number of amides is 1. The maximum Gasteiger partial charge on any atom is 0.255 e. The van der Waals surface area contributed by atoms with E-state index < -0.39 is 10.8 Å². The van der Waals surface area contributed by atoms with E-state index in [1.165, 1.54) is 12.1 Å².